The molecule has 1 unspecified atom stereocenters. The summed E-state index contributed by atoms with van der Waals surface area (Å²) in [5.74, 6) is -0.112. The van der Waals surface area contributed by atoms with Gasteiger partial charge in [-0.05, 0) is 37.1 Å². The number of aliphatic hydroxyl groups is 1. The van der Waals surface area contributed by atoms with Gasteiger partial charge in [0.05, 0.1) is 18.8 Å². The second kappa shape index (κ2) is 8.27. The molecule has 1 aliphatic heterocycles. The van der Waals surface area contributed by atoms with E-state index in [1.165, 1.54) is 18.2 Å². The normalized spacial score (nSPS) is 17.5. The van der Waals surface area contributed by atoms with Crippen molar-refractivity contribution in [3.05, 3.63) is 47.8 Å². The van der Waals surface area contributed by atoms with Crippen LogP contribution >= 0.6 is 0 Å². The number of alkyl halides is 2. The highest BCUT2D eigenvalue weighted by Crippen LogP contribution is 2.27. The molecule has 1 aliphatic rings. The molecule has 26 heavy (non-hydrogen) atoms. The SMILES string of the molecule is O=C(c1cccc(OC(F)F)c1)N1CCCC(c2ccn(CCO)n2)C1. The number of carbonyl (C=O) groups is 1. The van der Waals surface area contributed by atoms with Crippen LogP contribution in [0.4, 0.5) is 8.78 Å². The van der Waals surface area contributed by atoms with E-state index in [1.54, 1.807) is 15.6 Å². The topological polar surface area (TPSA) is 67.6 Å². The van der Waals surface area contributed by atoms with Gasteiger partial charge in [-0.3, -0.25) is 9.48 Å². The van der Waals surface area contributed by atoms with Gasteiger partial charge in [0.2, 0.25) is 0 Å². The van der Waals surface area contributed by atoms with Crippen molar-refractivity contribution in [3.63, 3.8) is 0 Å². The monoisotopic (exact) mass is 365 g/mol. The first-order chi connectivity index (χ1) is 12.6. The lowest BCUT2D eigenvalue weighted by Crippen LogP contribution is -2.39. The Labute approximate surface area is 150 Å². The molecule has 0 bridgehead atoms. The van der Waals surface area contributed by atoms with Crippen molar-refractivity contribution in [2.75, 3.05) is 19.7 Å². The van der Waals surface area contributed by atoms with E-state index in [-0.39, 0.29) is 24.2 Å². The highest BCUT2D eigenvalue weighted by molar-refractivity contribution is 5.94. The molecule has 1 aromatic heterocycles. The lowest BCUT2D eigenvalue weighted by molar-refractivity contribution is -0.0499. The number of ether oxygens (including phenoxy) is 1. The van der Waals surface area contributed by atoms with Crippen molar-refractivity contribution in [3.8, 4) is 5.75 Å². The largest absolute Gasteiger partial charge is 0.435 e. The Balaban J connectivity index is 1.69. The van der Waals surface area contributed by atoms with Crippen LogP contribution in [-0.2, 0) is 6.54 Å². The zero-order valence-corrected chi connectivity index (χ0v) is 14.2. The summed E-state index contributed by atoms with van der Waals surface area (Å²) in [4.78, 5) is 14.5. The van der Waals surface area contributed by atoms with E-state index in [9.17, 15) is 13.6 Å². The maximum Gasteiger partial charge on any atom is 0.387 e. The molecule has 0 aliphatic carbocycles. The minimum absolute atomic E-state index is 0.0213. The van der Waals surface area contributed by atoms with Gasteiger partial charge in [-0.15, -0.1) is 0 Å². The zero-order chi connectivity index (χ0) is 18.5. The molecular formula is C18H21F2N3O3. The Hall–Kier alpha value is -2.48. The van der Waals surface area contributed by atoms with Gasteiger partial charge in [0.15, 0.2) is 0 Å². The number of hydrogen-bond acceptors (Lipinski definition) is 4. The lowest BCUT2D eigenvalue weighted by atomic mass is 9.94. The van der Waals surface area contributed by atoms with E-state index in [0.29, 0.717) is 25.2 Å². The Morgan fingerprint density at radius 1 is 1.38 bits per heavy atom. The molecular weight excluding hydrogens is 344 g/mol. The number of rotatable bonds is 6. The van der Waals surface area contributed by atoms with E-state index in [0.717, 1.165) is 18.5 Å². The average Bonchev–Trinajstić information content (AvgIpc) is 3.10. The smallest absolute Gasteiger partial charge is 0.387 e. The maximum atomic E-state index is 12.7. The molecule has 1 N–H and O–H groups in total. The predicted octanol–water partition coefficient (Wildman–Crippen LogP) is 2.50. The number of halogens is 2. The van der Waals surface area contributed by atoms with Gasteiger partial charge in [-0.2, -0.15) is 13.9 Å². The van der Waals surface area contributed by atoms with Crippen LogP contribution < -0.4 is 4.74 Å². The maximum absolute atomic E-state index is 12.7. The number of benzene rings is 1. The van der Waals surface area contributed by atoms with Crippen LogP contribution in [0.1, 0.15) is 34.8 Å². The molecule has 6 nitrogen and oxygen atoms in total. The number of likely N-dealkylation sites (tertiary alicyclic amines) is 1. The Kier molecular flexibility index (Phi) is 5.82. The van der Waals surface area contributed by atoms with Crippen LogP contribution in [0.25, 0.3) is 0 Å². The number of amides is 1. The van der Waals surface area contributed by atoms with Gasteiger partial charge in [0.25, 0.3) is 5.91 Å². The molecule has 0 saturated carbocycles. The molecule has 1 amide bonds. The first-order valence-corrected chi connectivity index (χ1v) is 8.55. The summed E-state index contributed by atoms with van der Waals surface area (Å²) < 4.78 is 30.8. The van der Waals surface area contributed by atoms with Gasteiger partial charge < -0.3 is 14.7 Å². The van der Waals surface area contributed by atoms with Crippen molar-refractivity contribution >= 4 is 5.91 Å². The summed E-state index contributed by atoms with van der Waals surface area (Å²) in [6.45, 7) is -1.32. The van der Waals surface area contributed by atoms with E-state index in [1.807, 2.05) is 12.3 Å². The molecule has 1 saturated heterocycles. The van der Waals surface area contributed by atoms with Gasteiger partial charge in [0, 0.05) is 30.8 Å². The number of nitrogens with zero attached hydrogens (tertiary/aromatic N) is 3. The third-order valence-corrected chi connectivity index (χ3v) is 4.42. The Morgan fingerprint density at radius 2 is 2.23 bits per heavy atom. The van der Waals surface area contributed by atoms with E-state index in [2.05, 4.69) is 9.84 Å². The summed E-state index contributed by atoms with van der Waals surface area (Å²) in [7, 11) is 0. The van der Waals surface area contributed by atoms with Crippen LogP contribution in [0.15, 0.2) is 36.5 Å². The predicted molar refractivity (Wildman–Crippen MR) is 90.3 cm³/mol. The van der Waals surface area contributed by atoms with Gasteiger partial charge in [-0.1, -0.05) is 6.07 Å². The standard InChI is InChI=1S/C18H21F2N3O3/c19-18(20)26-15-5-1-3-13(11-15)17(25)22-7-2-4-14(12-22)16-6-8-23(21-16)9-10-24/h1,3,5-6,8,11,14,18,24H,2,4,7,9-10,12H2. The van der Waals surface area contributed by atoms with E-state index in [4.69, 9.17) is 5.11 Å². The third-order valence-electron chi connectivity index (χ3n) is 4.42. The van der Waals surface area contributed by atoms with Crippen LogP contribution in [0, 0.1) is 0 Å². The molecule has 2 aromatic rings. The van der Waals surface area contributed by atoms with Crippen LogP contribution in [0.3, 0.4) is 0 Å². The van der Waals surface area contributed by atoms with Gasteiger partial charge in [0.1, 0.15) is 5.75 Å². The van der Waals surface area contributed by atoms with E-state index >= 15 is 0 Å². The molecule has 0 spiro atoms. The van der Waals surface area contributed by atoms with E-state index < -0.39 is 6.61 Å². The lowest BCUT2D eigenvalue weighted by Gasteiger charge is -2.32. The molecule has 1 aromatic carbocycles. The molecule has 8 heteroatoms. The summed E-state index contributed by atoms with van der Waals surface area (Å²) in [6.07, 6.45) is 3.59. The quantitative estimate of drug-likeness (QED) is 0.854. The van der Waals surface area contributed by atoms with Crippen LogP contribution in [-0.4, -0.2) is 52.0 Å². The third kappa shape index (κ3) is 4.37. The fourth-order valence-electron chi connectivity index (χ4n) is 3.21. The molecule has 2 heterocycles. The summed E-state index contributed by atoms with van der Waals surface area (Å²) in [5.41, 5.74) is 1.22. The summed E-state index contributed by atoms with van der Waals surface area (Å²) in [6, 6.07) is 7.78. The van der Waals surface area contributed by atoms with Gasteiger partial charge >= 0.3 is 6.61 Å². The minimum atomic E-state index is -2.92. The average molecular weight is 365 g/mol. The van der Waals surface area contributed by atoms with Crippen molar-refractivity contribution < 1.29 is 23.4 Å². The fourth-order valence-corrected chi connectivity index (χ4v) is 3.21. The summed E-state index contributed by atoms with van der Waals surface area (Å²) >= 11 is 0. The number of hydrogen-bond donors (Lipinski definition) is 1. The fraction of sp³-hybridized carbons (Fsp3) is 0.444. The molecule has 1 fully saturated rings. The van der Waals surface area contributed by atoms with Crippen LogP contribution in [0.2, 0.25) is 0 Å². The highest BCUT2D eigenvalue weighted by atomic mass is 19.3. The number of carbonyl (C=O) groups excluding carboxylic acids is 1. The molecule has 3 rings (SSSR count). The van der Waals surface area contributed by atoms with Crippen molar-refractivity contribution in [1.82, 2.24) is 14.7 Å². The second-order valence-corrected chi connectivity index (χ2v) is 6.22. The first kappa shape index (κ1) is 18.3. The zero-order valence-electron chi connectivity index (χ0n) is 14.2. The van der Waals surface area contributed by atoms with Gasteiger partial charge in [-0.25, -0.2) is 0 Å². The highest BCUT2D eigenvalue weighted by Gasteiger charge is 2.27. The Bertz CT molecular complexity index is 751. The van der Waals surface area contributed by atoms with Crippen molar-refractivity contribution in [2.45, 2.75) is 31.9 Å². The molecule has 140 valence electrons. The second-order valence-electron chi connectivity index (χ2n) is 6.22. The minimum Gasteiger partial charge on any atom is -0.435 e. The molecule has 0 radical (unpaired) electrons. The van der Waals surface area contributed by atoms with Crippen molar-refractivity contribution in [2.24, 2.45) is 0 Å². The number of piperidine rings is 1. The molecule has 1 atom stereocenters. The first-order valence-electron chi connectivity index (χ1n) is 8.55. The number of aromatic nitrogens is 2. The van der Waals surface area contributed by atoms with Crippen molar-refractivity contribution in [1.29, 1.82) is 0 Å². The van der Waals surface area contributed by atoms with Crippen LogP contribution in [0.5, 0.6) is 5.75 Å². The Morgan fingerprint density at radius 3 is 3.00 bits per heavy atom. The summed E-state index contributed by atoms with van der Waals surface area (Å²) in [5, 5.41) is 13.4. The number of aliphatic hydroxyl groups excluding tert-OH is 1.